The Kier molecular flexibility index (Phi) is 2.86. The fourth-order valence-electron chi connectivity index (χ4n) is 1.14. The number of Topliss-reactive ketones (excluding diaryl/α,β-unsaturated/α-hetero) is 1. The van der Waals surface area contributed by atoms with Gasteiger partial charge in [-0.2, -0.15) is 5.10 Å². The lowest BCUT2D eigenvalue weighted by molar-refractivity contribution is 0.104. The van der Waals surface area contributed by atoms with Crippen molar-refractivity contribution in [3.05, 3.63) is 17.5 Å². The number of ketones is 1. The maximum absolute atomic E-state index is 11.2. The third-order valence-electron chi connectivity index (χ3n) is 1.86. The van der Waals surface area contributed by atoms with Crippen molar-refractivity contribution in [2.24, 2.45) is 0 Å². The molecular weight excluding hydrogens is 164 g/mol. The molecule has 3 nitrogen and oxygen atoms in total. The van der Waals surface area contributed by atoms with Gasteiger partial charge in [-0.3, -0.25) is 9.48 Å². The summed E-state index contributed by atoms with van der Waals surface area (Å²) in [4.78, 5) is 11.2. The standard InChI is InChI=1S/C10H12N2O/c1-4-8-7-9(10(13)5-2)12(6-3)11-8/h2,7H,4,6H2,1,3H3. The lowest BCUT2D eigenvalue weighted by Crippen LogP contribution is -2.07. The number of hydrogen-bond acceptors (Lipinski definition) is 2. The van der Waals surface area contributed by atoms with E-state index in [1.54, 1.807) is 10.7 Å². The topological polar surface area (TPSA) is 34.9 Å². The summed E-state index contributed by atoms with van der Waals surface area (Å²) >= 11 is 0. The van der Waals surface area contributed by atoms with Crippen molar-refractivity contribution in [3.63, 3.8) is 0 Å². The molecule has 1 aromatic heterocycles. The predicted molar refractivity (Wildman–Crippen MR) is 50.4 cm³/mol. The fraction of sp³-hybridized carbons (Fsp3) is 0.400. The van der Waals surface area contributed by atoms with Gasteiger partial charge in [0.1, 0.15) is 5.69 Å². The summed E-state index contributed by atoms with van der Waals surface area (Å²) < 4.78 is 1.64. The first-order valence-corrected chi connectivity index (χ1v) is 4.30. The van der Waals surface area contributed by atoms with E-state index in [-0.39, 0.29) is 5.78 Å². The summed E-state index contributed by atoms with van der Waals surface area (Å²) in [6.45, 7) is 4.59. The van der Waals surface area contributed by atoms with Gasteiger partial charge in [0.2, 0.25) is 0 Å². The summed E-state index contributed by atoms with van der Waals surface area (Å²) in [6.07, 6.45) is 5.86. The Morgan fingerprint density at radius 1 is 1.69 bits per heavy atom. The van der Waals surface area contributed by atoms with E-state index in [4.69, 9.17) is 6.42 Å². The number of carbonyl (C=O) groups is 1. The van der Waals surface area contributed by atoms with Crippen molar-refractivity contribution in [3.8, 4) is 12.3 Å². The third kappa shape index (κ3) is 1.78. The molecule has 0 spiro atoms. The second-order valence-corrected chi connectivity index (χ2v) is 2.66. The highest BCUT2D eigenvalue weighted by Crippen LogP contribution is 2.05. The van der Waals surface area contributed by atoms with Crippen LogP contribution in [0.3, 0.4) is 0 Å². The average Bonchev–Trinajstić information content (AvgIpc) is 2.59. The van der Waals surface area contributed by atoms with Gasteiger partial charge in [-0.15, -0.1) is 6.42 Å². The monoisotopic (exact) mass is 176 g/mol. The molecule has 0 fully saturated rings. The van der Waals surface area contributed by atoms with Gasteiger partial charge in [0.25, 0.3) is 5.78 Å². The quantitative estimate of drug-likeness (QED) is 0.395. The van der Waals surface area contributed by atoms with Gasteiger partial charge >= 0.3 is 0 Å². The fourth-order valence-corrected chi connectivity index (χ4v) is 1.14. The number of aryl methyl sites for hydroxylation is 2. The summed E-state index contributed by atoms with van der Waals surface area (Å²) in [5, 5.41) is 4.22. The summed E-state index contributed by atoms with van der Waals surface area (Å²) in [5.74, 6) is 1.80. The van der Waals surface area contributed by atoms with Gasteiger partial charge in [0.05, 0.1) is 5.69 Å². The summed E-state index contributed by atoms with van der Waals surface area (Å²) in [5.41, 5.74) is 1.42. The van der Waals surface area contributed by atoms with Crippen molar-refractivity contribution in [1.82, 2.24) is 9.78 Å². The molecule has 3 heteroatoms. The maximum atomic E-state index is 11.2. The molecule has 0 aliphatic carbocycles. The molecule has 0 bridgehead atoms. The van der Waals surface area contributed by atoms with Crippen LogP contribution in [-0.2, 0) is 13.0 Å². The highest BCUT2D eigenvalue weighted by Gasteiger charge is 2.10. The lowest BCUT2D eigenvalue weighted by Gasteiger charge is -1.97. The second-order valence-electron chi connectivity index (χ2n) is 2.66. The van der Waals surface area contributed by atoms with E-state index in [1.807, 2.05) is 13.8 Å². The lowest BCUT2D eigenvalue weighted by atomic mass is 10.2. The molecule has 1 heterocycles. The van der Waals surface area contributed by atoms with Crippen molar-refractivity contribution < 1.29 is 4.79 Å². The highest BCUT2D eigenvalue weighted by atomic mass is 16.1. The Balaban J connectivity index is 3.12. The number of nitrogens with zero attached hydrogens (tertiary/aromatic N) is 2. The van der Waals surface area contributed by atoms with Crippen molar-refractivity contribution >= 4 is 5.78 Å². The normalized spacial score (nSPS) is 9.62. The SMILES string of the molecule is C#CC(=O)c1cc(CC)nn1CC. The number of rotatable bonds is 3. The minimum absolute atomic E-state index is 0.297. The predicted octanol–water partition coefficient (Wildman–Crippen LogP) is 1.28. The first-order chi connectivity index (χ1) is 6.22. The third-order valence-corrected chi connectivity index (χ3v) is 1.86. The van der Waals surface area contributed by atoms with Gasteiger partial charge < -0.3 is 0 Å². The largest absolute Gasteiger partial charge is 0.277 e. The average molecular weight is 176 g/mol. The smallest absolute Gasteiger partial charge is 0.253 e. The molecule has 0 radical (unpaired) electrons. The minimum Gasteiger partial charge on any atom is -0.277 e. The first kappa shape index (κ1) is 9.53. The zero-order valence-corrected chi connectivity index (χ0v) is 7.87. The van der Waals surface area contributed by atoms with Gasteiger partial charge in [-0.05, 0) is 25.3 Å². The van der Waals surface area contributed by atoms with E-state index in [2.05, 4.69) is 11.0 Å². The summed E-state index contributed by atoms with van der Waals surface area (Å²) in [6, 6.07) is 1.76. The van der Waals surface area contributed by atoms with Crippen LogP contribution in [0.5, 0.6) is 0 Å². The van der Waals surface area contributed by atoms with Crippen LogP contribution in [0.4, 0.5) is 0 Å². The molecule has 13 heavy (non-hydrogen) atoms. The Hall–Kier alpha value is -1.56. The van der Waals surface area contributed by atoms with E-state index in [0.717, 1.165) is 12.1 Å². The van der Waals surface area contributed by atoms with Crippen LogP contribution < -0.4 is 0 Å². The number of hydrogen-bond donors (Lipinski definition) is 0. The molecule has 0 saturated carbocycles. The van der Waals surface area contributed by atoms with Crippen LogP contribution in [0.1, 0.15) is 30.0 Å². The van der Waals surface area contributed by atoms with Crippen LogP contribution in [-0.4, -0.2) is 15.6 Å². The number of terminal acetylenes is 1. The second kappa shape index (κ2) is 3.90. The van der Waals surface area contributed by atoms with Crippen LogP contribution >= 0.6 is 0 Å². The van der Waals surface area contributed by atoms with Gasteiger partial charge in [-0.1, -0.05) is 6.92 Å². The maximum Gasteiger partial charge on any atom is 0.253 e. The molecule has 0 amide bonds. The van der Waals surface area contributed by atoms with Crippen LogP contribution in [0.15, 0.2) is 6.07 Å². The zero-order valence-electron chi connectivity index (χ0n) is 7.87. The molecule has 0 unspecified atom stereocenters. The Morgan fingerprint density at radius 3 is 2.85 bits per heavy atom. The summed E-state index contributed by atoms with van der Waals surface area (Å²) in [7, 11) is 0. The molecule has 0 aliphatic heterocycles. The molecule has 0 aromatic carbocycles. The van der Waals surface area contributed by atoms with Crippen LogP contribution in [0, 0.1) is 12.3 Å². The Morgan fingerprint density at radius 2 is 2.38 bits per heavy atom. The minimum atomic E-state index is -0.297. The molecule has 68 valence electrons. The molecule has 0 saturated heterocycles. The van der Waals surface area contributed by atoms with Crippen LogP contribution in [0.2, 0.25) is 0 Å². The van der Waals surface area contributed by atoms with Crippen molar-refractivity contribution in [2.45, 2.75) is 26.8 Å². The molecule has 0 aliphatic rings. The van der Waals surface area contributed by atoms with Crippen molar-refractivity contribution in [1.29, 1.82) is 0 Å². The Bertz CT molecular complexity index is 357. The van der Waals surface area contributed by atoms with E-state index < -0.39 is 0 Å². The molecular formula is C10H12N2O. The first-order valence-electron chi connectivity index (χ1n) is 4.30. The van der Waals surface area contributed by atoms with E-state index in [0.29, 0.717) is 12.2 Å². The van der Waals surface area contributed by atoms with E-state index >= 15 is 0 Å². The van der Waals surface area contributed by atoms with E-state index in [9.17, 15) is 4.79 Å². The molecule has 0 N–H and O–H groups in total. The van der Waals surface area contributed by atoms with E-state index in [1.165, 1.54) is 0 Å². The zero-order chi connectivity index (χ0) is 9.84. The molecule has 1 aromatic rings. The van der Waals surface area contributed by atoms with Crippen LogP contribution in [0.25, 0.3) is 0 Å². The Labute approximate surface area is 77.8 Å². The van der Waals surface area contributed by atoms with Gasteiger partial charge in [-0.25, -0.2) is 0 Å². The van der Waals surface area contributed by atoms with Crippen molar-refractivity contribution in [2.75, 3.05) is 0 Å². The number of aromatic nitrogens is 2. The molecule has 1 rings (SSSR count). The van der Waals surface area contributed by atoms with Gasteiger partial charge in [0.15, 0.2) is 0 Å². The number of carbonyl (C=O) groups excluding carboxylic acids is 1. The molecule has 0 atom stereocenters. The highest BCUT2D eigenvalue weighted by molar-refractivity contribution is 6.07. The van der Waals surface area contributed by atoms with Gasteiger partial charge in [0, 0.05) is 6.54 Å².